The minimum absolute atomic E-state index is 0.147. The summed E-state index contributed by atoms with van der Waals surface area (Å²) in [6.45, 7) is 14.7. The zero-order valence-electron chi connectivity index (χ0n) is 35.1. The third kappa shape index (κ3) is 8.74. The maximum atomic E-state index is 14.5. The zero-order chi connectivity index (χ0) is 41.3. The molecule has 14 nitrogen and oxygen atoms in total. The van der Waals surface area contributed by atoms with Crippen LogP contribution in [0.1, 0.15) is 99.1 Å². The number of hydrogen-bond acceptors (Lipinski definition) is 12. The topological polar surface area (TPSA) is 162 Å². The molecule has 56 heavy (non-hydrogen) atoms. The highest BCUT2D eigenvalue weighted by Crippen LogP contribution is 2.42. The van der Waals surface area contributed by atoms with E-state index in [-0.39, 0.29) is 36.8 Å². The summed E-state index contributed by atoms with van der Waals surface area (Å²) >= 11 is 0. The fraction of sp³-hybridized carbons (Fsp3) is 0.762. The van der Waals surface area contributed by atoms with Gasteiger partial charge in [0.25, 0.3) is 0 Å². The largest absolute Gasteiger partial charge is 0.458 e. The van der Waals surface area contributed by atoms with Crippen molar-refractivity contribution in [1.82, 2.24) is 15.1 Å². The molecular weight excluding hydrogens is 722 g/mol. The number of carbonyl (C=O) groups is 4. The van der Waals surface area contributed by atoms with Gasteiger partial charge in [0.05, 0.1) is 35.8 Å². The Bertz CT molecular complexity index is 1550. The summed E-state index contributed by atoms with van der Waals surface area (Å²) < 4.78 is 38.0. The van der Waals surface area contributed by atoms with Crippen molar-refractivity contribution < 1.29 is 52.7 Å². The number of alkyl carbamates (subject to hydrolysis) is 1. The number of amides is 2. The van der Waals surface area contributed by atoms with Crippen LogP contribution in [0.4, 0.5) is 9.59 Å². The predicted molar refractivity (Wildman–Crippen MR) is 206 cm³/mol. The van der Waals surface area contributed by atoms with Gasteiger partial charge in [0.15, 0.2) is 11.9 Å². The van der Waals surface area contributed by atoms with Gasteiger partial charge in [-0.1, -0.05) is 58.0 Å². The maximum Gasteiger partial charge on any atom is 0.410 e. The average molecular weight is 788 g/mol. The molecule has 0 bridgehead atoms. The minimum Gasteiger partial charge on any atom is -0.458 e. The standard InChI is InChI=1S/C42H65N3O11/c1-12-31-42(8)35(43-39(49)56-42)25(4)32(46)23(2)22-41(7,51-11)36(55-38-33(47)30(44(9)10)21-24(3)52-38)26(5)34(27(6)37(48)53-31)54-40(50)45-20-16-19-29(45)28-17-14-13-15-18-28/h13-15,17-18,23-27,29-31,33-36,38,47H,12,16,19-22H2,1-11H3,(H,43,49)/t23-,24-,25+,26+,27-,29-,30+,31-,33-,34+,35-,36-,38+,41-,42-/m1/s1. The molecule has 2 N–H and O–H groups in total. The molecular formula is C42H65N3O11. The maximum absolute atomic E-state index is 14.5. The lowest BCUT2D eigenvalue weighted by Crippen LogP contribution is -2.61. The molecule has 4 aliphatic rings. The Balaban J connectivity index is 1.61. The van der Waals surface area contributed by atoms with Gasteiger partial charge < -0.3 is 48.6 Å². The lowest BCUT2D eigenvalue weighted by molar-refractivity contribution is -0.301. The van der Waals surface area contributed by atoms with Crippen molar-refractivity contribution in [2.24, 2.45) is 23.7 Å². The first-order valence-corrected chi connectivity index (χ1v) is 20.3. The third-order valence-corrected chi connectivity index (χ3v) is 13.0. The van der Waals surface area contributed by atoms with Crippen LogP contribution >= 0.6 is 0 Å². The normalized spacial score (nSPS) is 41.3. The van der Waals surface area contributed by atoms with E-state index in [0.29, 0.717) is 13.0 Å². The van der Waals surface area contributed by atoms with Gasteiger partial charge in [0.2, 0.25) is 0 Å². The van der Waals surface area contributed by atoms with E-state index in [1.807, 2.05) is 83.9 Å². The summed E-state index contributed by atoms with van der Waals surface area (Å²) in [4.78, 5) is 59.7. The molecule has 0 unspecified atom stereocenters. The number of nitrogens with zero attached hydrogens (tertiary/aromatic N) is 2. The summed E-state index contributed by atoms with van der Waals surface area (Å²) in [6.07, 6.45) is -4.30. The first-order chi connectivity index (χ1) is 26.4. The van der Waals surface area contributed by atoms with Crippen LogP contribution in [0.2, 0.25) is 0 Å². The number of cyclic esters (lactones) is 1. The van der Waals surface area contributed by atoms with E-state index < -0.39 is 89.8 Å². The molecule has 0 aliphatic carbocycles. The van der Waals surface area contributed by atoms with Crippen LogP contribution in [0.3, 0.4) is 0 Å². The van der Waals surface area contributed by atoms with E-state index in [0.717, 1.165) is 18.4 Å². The fourth-order valence-corrected chi connectivity index (χ4v) is 9.73. The Morgan fingerprint density at radius 3 is 2.36 bits per heavy atom. The number of carbonyl (C=O) groups excluding carboxylic acids is 4. The van der Waals surface area contributed by atoms with Crippen molar-refractivity contribution in [2.45, 2.75) is 154 Å². The van der Waals surface area contributed by atoms with Gasteiger partial charge in [-0.25, -0.2) is 9.59 Å². The Morgan fingerprint density at radius 1 is 1.05 bits per heavy atom. The summed E-state index contributed by atoms with van der Waals surface area (Å²) in [5.74, 6) is -4.03. The minimum atomic E-state index is -1.37. The molecule has 0 saturated carbocycles. The molecule has 0 spiro atoms. The summed E-state index contributed by atoms with van der Waals surface area (Å²) in [7, 11) is 5.30. The Labute approximate surface area is 332 Å². The second-order valence-electron chi connectivity index (χ2n) is 17.2. The van der Waals surface area contributed by atoms with Crippen molar-refractivity contribution in [3.8, 4) is 0 Å². The number of likely N-dealkylation sites (N-methyl/N-ethyl adjacent to an activating group) is 1. The van der Waals surface area contributed by atoms with Crippen molar-refractivity contribution >= 4 is 23.9 Å². The molecule has 4 aliphatic heterocycles. The van der Waals surface area contributed by atoms with Crippen molar-refractivity contribution in [1.29, 1.82) is 0 Å². The van der Waals surface area contributed by atoms with Gasteiger partial charge >= 0.3 is 18.2 Å². The number of methoxy groups -OCH3 is 1. The quantitative estimate of drug-likeness (QED) is 0.273. The van der Waals surface area contributed by atoms with E-state index in [2.05, 4.69) is 5.32 Å². The van der Waals surface area contributed by atoms with Crippen LogP contribution in [0.25, 0.3) is 0 Å². The zero-order valence-corrected chi connectivity index (χ0v) is 35.1. The van der Waals surface area contributed by atoms with Gasteiger partial charge in [0, 0.05) is 37.5 Å². The average Bonchev–Trinajstić information content (AvgIpc) is 3.79. The van der Waals surface area contributed by atoms with Crippen LogP contribution in [0.15, 0.2) is 30.3 Å². The first-order valence-electron chi connectivity index (χ1n) is 20.3. The van der Waals surface area contributed by atoms with E-state index in [4.69, 9.17) is 28.4 Å². The Morgan fingerprint density at radius 2 is 1.73 bits per heavy atom. The monoisotopic (exact) mass is 787 g/mol. The number of fused-ring (bicyclic) bond motifs is 1. The van der Waals surface area contributed by atoms with Crippen molar-refractivity contribution in [3.05, 3.63) is 35.9 Å². The van der Waals surface area contributed by atoms with Gasteiger partial charge in [-0.15, -0.1) is 0 Å². The molecule has 14 heteroatoms. The second kappa shape index (κ2) is 17.7. The number of aliphatic hydroxyl groups excluding tert-OH is 1. The SMILES string of the molecule is CC[C@H]1OC(=O)[C@H](C)[C@@H](OC(=O)N2CCC[C@@H]2c2ccccc2)[C@H](C)[C@@H](O[C@@H]2O[C@H](C)C[C@H](N(C)C)[C@H]2O)[C@](C)(OC)C[C@@H](C)C(=O)[C@H](C)[C@H]2NC(=O)O[C@@]21C. The third-order valence-electron chi connectivity index (χ3n) is 13.0. The van der Waals surface area contributed by atoms with Gasteiger partial charge in [-0.3, -0.25) is 9.59 Å². The molecule has 0 radical (unpaired) electrons. The van der Waals surface area contributed by atoms with E-state index in [1.165, 1.54) is 7.11 Å². The van der Waals surface area contributed by atoms with Gasteiger partial charge in [-0.2, -0.15) is 0 Å². The van der Waals surface area contributed by atoms with Crippen molar-refractivity contribution in [2.75, 3.05) is 27.7 Å². The van der Waals surface area contributed by atoms with Crippen LogP contribution in [-0.4, -0.2) is 127 Å². The van der Waals surface area contributed by atoms with Crippen LogP contribution in [0.5, 0.6) is 0 Å². The number of ether oxygens (including phenoxy) is 6. The van der Waals surface area contributed by atoms with Crippen molar-refractivity contribution in [3.63, 3.8) is 0 Å². The van der Waals surface area contributed by atoms with Crippen LogP contribution in [-0.2, 0) is 38.0 Å². The summed E-state index contributed by atoms with van der Waals surface area (Å²) in [6, 6.07) is 8.45. The number of aliphatic hydroxyl groups is 1. The Hall–Kier alpha value is -3.30. The highest BCUT2D eigenvalue weighted by atomic mass is 16.7. The number of hydrogen-bond donors (Lipinski definition) is 2. The highest BCUT2D eigenvalue weighted by Gasteiger charge is 2.58. The number of ketones is 1. The smallest absolute Gasteiger partial charge is 0.410 e. The molecule has 1 aromatic carbocycles. The number of benzene rings is 1. The van der Waals surface area contributed by atoms with E-state index >= 15 is 0 Å². The fourth-order valence-electron chi connectivity index (χ4n) is 9.73. The first kappa shape index (κ1) is 43.8. The number of likely N-dealkylation sites (tertiary alicyclic amines) is 1. The highest BCUT2D eigenvalue weighted by molar-refractivity contribution is 5.85. The molecule has 2 amide bonds. The summed E-state index contributed by atoms with van der Waals surface area (Å²) in [5.41, 5.74) is -1.65. The molecule has 4 fully saturated rings. The lowest BCUT2D eigenvalue weighted by Gasteiger charge is -2.48. The molecule has 1 aromatic rings. The van der Waals surface area contributed by atoms with Crippen LogP contribution in [0, 0.1) is 23.7 Å². The molecule has 0 aromatic heterocycles. The van der Waals surface area contributed by atoms with E-state index in [1.54, 1.807) is 25.7 Å². The Kier molecular flexibility index (Phi) is 13.8. The number of nitrogens with one attached hydrogen (secondary N) is 1. The molecule has 4 heterocycles. The number of Topliss-reactive ketones (excluding diaryl/α,β-unsaturated/α-hetero) is 1. The number of esters is 1. The molecule has 5 rings (SSSR count). The molecule has 15 atom stereocenters. The van der Waals surface area contributed by atoms with Gasteiger partial charge in [0.1, 0.15) is 24.1 Å². The number of rotatable bonds is 7. The molecule has 314 valence electrons. The van der Waals surface area contributed by atoms with Gasteiger partial charge in [-0.05, 0) is 79.5 Å². The lowest BCUT2D eigenvalue weighted by atomic mass is 9.73. The summed E-state index contributed by atoms with van der Waals surface area (Å²) in [5, 5.41) is 14.5. The second-order valence-corrected chi connectivity index (χ2v) is 17.2. The predicted octanol–water partition coefficient (Wildman–Crippen LogP) is 5.25. The molecule has 4 saturated heterocycles. The van der Waals surface area contributed by atoms with E-state index in [9.17, 15) is 24.3 Å². The van der Waals surface area contributed by atoms with Crippen LogP contribution < -0.4 is 5.32 Å².